The number of hydrogen-bond donors (Lipinski definition) is 1. The zero-order valence-electron chi connectivity index (χ0n) is 23.0. The lowest BCUT2D eigenvalue weighted by Gasteiger charge is -2.45. The molecule has 4 heterocycles. The summed E-state index contributed by atoms with van der Waals surface area (Å²) < 4.78 is 68.9. The molecule has 1 atom stereocenters. The van der Waals surface area contributed by atoms with Gasteiger partial charge in [0.05, 0.1) is 15.9 Å². The number of piperidine rings is 1. The fourth-order valence-corrected chi connectivity index (χ4v) is 7.49. The van der Waals surface area contributed by atoms with E-state index >= 15 is 0 Å². The molecule has 7 nitrogen and oxygen atoms in total. The summed E-state index contributed by atoms with van der Waals surface area (Å²) in [5.74, 6) is -0.192. The van der Waals surface area contributed by atoms with Crippen molar-refractivity contribution in [1.29, 1.82) is 0 Å². The summed E-state index contributed by atoms with van der Waals surface area (Å²) in [4.78, 5) is 20.9. The molecule has 1 N–H and O–H groups in total. The third-order valence-electron chi connectivity index (χ3n) is 7.73. The van der Waals surface area contributed by atoms with Crippen LogP contribution >= 0.6 is 11.3 Å². The summed E-state index contributed by atoms with van der Waals surface area (Å²) in [6.45, 7) is 5.84. The highest BCUT2D eigenvalue weighted by Crippen LogP contribution is 2.47. The van der Waals surface area contributed by atoms with Crippen LogP contribution in [0.5, 0.6) is 0 Å². The van der Waals surface area contributed by atoms with E-state index in [-0.39, 0.29) is 23.5 Å². The van der Waals surface area contributed by atoms with Gasteiger partial charge in [0, 0.05) is 43.0 Å². The number of carbonyl (C=O) groups is 1. The molecule has 1 aromatic carbocycles. The van der Waals surface area contributed by atoms with Crippen LogP contribution < -0.4 is 5.32 Å². The second kappa shape index (κ2) is 11.1. The van der Waals surface area contributed by atoms with Gasteiger partial charge in [-0.1, -0.05) is 18.2 Å². The van der Waals surface area contributed by atoms with E-state index in [1.54, 1.807) is 19.1 Å². The van der Waals surface area contributed by atoms with Gasteiger partial charge in [-0.15, -0.1) is 11.3 Å². The van der Waals surface area contributed by atoms with Gasteiger partial charge in [-0.2, -0.15) is 13.2 Å². The zero-order valence-corrected chi connectivity index (χ0v) is 24.7. The first kappa shape index (κ1) is 29.7. The molecular weight excluding hydrogens is 575 g/mol. The van der Waals surface area contributed by atoms with E-state index in [0.717, 1.165) is 33.9 Å². The Kier molecular flexibility index (Phi) is 8.05. The van der Waals surface area contributed by atoms with Crippen molar-refractivity contribution in [1.82, 2.24) is 15.2 Å². The molecule has 2 aromatic heterocycles. The number of rotatable bonds is 6. The highest BCUT2D eigenvalue weighted by Gasteiger charge is 2.44. The zero-order chi connectivity index (χ0) is 29.6. The van der Waals surface area contributed by atoms with Gasteiger partial charge in [0.2, 0.25) is 0 Å². The molecule has 2 aliphatic heterocycles. The number of amides is 1. The molecule has 12 heteroatoms. The number of sulfone groups is 1. The van der Waals surface area contributed by atoms with Crippen molar-refractivity contribution in [2.75, 3.05) is 19.3 Å². The third kappa shape index (κ3) is 6.50. The van der Waals surface area contributed by atoms with E-state index in [1.165, 1.54) is 29.5 Å². The van der Waals surface area contributed by atoms with Gasteiger partial charge in [0.1, 0.15) is 11.3 Å². The minimum absolute atomic E-state index is 0.00530. The number of fused-ring (bicyclic) bond motifs is 2. The Morgan fingerprint density at radius 2 is 1.85 bits per heavy atom. The minimum Gasteiger partial charge on any atom is -0.366 e. The molecule has 1 spiro atoms. The van der Waals surface area contributed by atoms with Gasteiger partial charge >= 0.3 is 6.18 Å². The lowest BCUT2D eigenvalue weighted by molar-refractivity contribution is -0.141. The van der Waals surface area contributed by atoms with Gasteiger partial charge in [0.25, 0.3) is 5.91 Å². The highest BCUT2D eigenvalue weighted by atomic mass is 32.2. The summed E-state index contributed by atoms with van der Waals surface area (Å²) >= 11 is 1.45. The quantitative estimate of drug-likeness (QED) is 0.412. The van der Waals surface area contributed by atoms with Crippen LogP contribution in [0.4, 0.5) is 13.2 Å². The lowest BCUT2D eigenvalue weighted by atomic mass is 9.84. The molecule has 3 aromatic rings. The normalized spacial score (nSPS) is 19.2. The van der Waals surface area contributed by atoms with Crippen LogP contribution in [0.1, 0.15) is 62.4 Å². The summed E-state index contributed by atoms with van der Waals surface area (Å²) in [5, 5.41) is 2.93. The van der Waals surface area contributed by atoms with Gasteiger partial charge < -0.3 is 10.1 Å². The molecule has 1 amide bonds. The Morgan fingerprint density at radius 1 is 1.17 bits per heavy atom. The van der Waals surface area contributed by atoms with Gasteiger partial charge in [-0.05, 0) is 74.1 Å². The number of aromatic nitrogens is 1. The molecule has 0 bridgehead atoms. The summed E-state index contributed by atoms with van der Waals surface area (Å²) in [6, 6.07) is 10.9. The minimum atomic E-state index is -4.46. The average molecular weight is 608 g/mol. The van der Waals surface area contributed by atoms with E-state index in [2.05, 4.69) is 15.2 Å². The van der Waals surface area contributed by atoms with E-state index in [1.807, 2.05) is 13.0 Å². The van der Waals surface area contributed by atoms with Crippen molar-refractivity contribution in [2.45, 2.75) is 69.0 Å². The van der Waals surface area contributed by atoms with Crippen LogP contribution in [-0.4, -0.2) is 49.7 Å². The number of ether oxygens (including phenoxy) is 1. The Bertz CT molecular complexity index is 1540. The Labute approximate surface area is 241 Å². The Hall–Kier alpha value is -2.80. The van der Waals surface area contributed by atoms with Crippen LogP contribution in [0.15, 0.2) is 47.4 Å². The molecule has 41 heavy (non-hydrogen) atoms. The summed E-state index contributed by atoms with van der Waals surface area (Å²) in [6.07, 6.45) is -1.17. The standard InChI is InChI=1S/C29H32F3N3O4S2/c1-18-14-22-15-24(27(36)33-16-20-4-7-23(8-5-20)41(3,37)38)40-26(22)28(39-18)10-12-35(13-11-28)17-21-6-9-25(29(30,31)32)34-19(21)2/h4-9,15,18H,10-14,16-17H2,1-3H3,(H,33,36)/t18-/m0/s1. The predicted molar refractivity (Wildman–Crippen MR) is 149 cm³/mol. The second-order valence-electron chi connectivity index (χ2n) is 10.9. The number of hydrogen-bond acceptors (Lipinski definition) is 7. The van der Waals surface area contributed by atoms with Crippen LogP contribution in [0.25, 0.3) is 0 Å². The van der Waals surface area contributed by atoms with Crippen molar-refractivity contribution in [3.63, 3.8) is 0 Å². The molecule has 220 valence electrons. The van der Waals surface area contributed by atoms with Crippen LogP contribution in [0.3, 0.4) is 0 Å². The van der Waals surface area contributed by atoms with Crippen molar-refractivity contribution >= 4 is 27.1 Å². The number of carbonyl (C=O) groups excluding carboxylic acids is 1. The van der Waals surface area contributed by atoms with Gasteiger partial charge in [0.15, 0.2) is 9.84 Å². The number of likely N-dealkylation sites (tertiary alicyclic amines) is 1. The maximum Gasteiger partial charge on any atom is 0.433 e. The van der Waals surface area contributed by atoms with Crippen molar-refractivity contribution in [3.05, 3.63) is 80.3 Å². The first-order chi connectivity index (χ1) is 19.2. The number of nitrogens with zero attached hydrogens (tertiary/aromatic N) is 2. The van der Waals surface area contributed by atoms with Gasteiger partial charge in [-0.25, -0.2) is 13.4 Å². The van der Waals surface area contributed by atoms with E-state index in [9.17, 15) is 26.4 Å². The predicted octanol–water partition coefficient (Wildman–Crippen LogP) is 5.26. The molecule has 1 saturated heterocycles. The second-order valence-corrected chi connectivity index (χ2v) is 14.0. The molecule has 0 radical (unpaired) electrons. The number of halogens is 3. The summed E-state index contributed by atoms with van der Waals surface area (Å²) in [5.41, 5.74) is 1.69. The number of pyridine rings is 1. The van der Waals surface area contributed by atoms with Crippen molar-refractivity contribution in [3.8, 4) is 0 Å². The molecule has 0 saturated carbocycles. The van der Waals surface area contributed by atoms with Crippen LogP contribution in [-0.2, 0) is 45.9 Å². The summed E-state index contributed by atoms with van der Waals surface area (Å²) in [7, 11) is -3.28. The number of thiophene rings is 1. The van der Waals surface area contributed by atoms with E-state index in [0.29, 0.717) is 49.5 Å². The number of nitrogens with one attached hydrogen (secondary N) is 1. The Balaban J connectivity index is 1.25. The number of benzene rings is 1. The largest absolute Gasteiger partial charge is 0.433 e. The Morgan fingerprint density at radius 3 is 2.46 bits per heavy atom. The molecule has 0 aliphatic carbocycles. The third-order valence-corrected chi connectivity index (χ3v) is 10.2. The maximum atomic E-state index is 13.1. The smallest absolute Gasteiger partial charge is 0.366 e. The van der Waals surface area contributed by atoms with Gasteiger partial charge in [-0.3, -0.25) is 9.69 Å². The first-order valence-electron chi connectivity index (χ1n) is 13.4. The van der Waals surface area contributed by atoms with E-state index in [4.69, 9.17) is 4.74 Å². The average Bonchev–Trinajstić information content (AvgIpc) is 3.34. The lowest BCUT2D eigenvalue weighted by Crippen LogP contribution is -2.47. The maximum absolute atomic E-state index is 13.1. The van der Waals surface area contributed by atoms with Crippen molar-refractivity contribution < 1.29 is 31.1 Å². The van der Waals surface area contributed by atoms with E-state index < -0.39 is 27.3 Å². The fourth-order valence-electron chi connectivity index (χ4n) is 5.56. The topological polar surface area (TPSA) is 88.6 Å². The molecule has 0 unspecified atom stereocenters. The van der Waals surface area contributed by atoms with Crippen LogP contribution in [0.2, 0.25) is 0 Å². The number of alkyl halides is 3. The molecular formula is C29H32F3N3O4S2. The fraction of sp³-hybridized carbons (Fsp3) is 0.448. The molecule has 1 fully saturated rings. The molecule has 2 aliphatic rings. The number of aryl methyl sites for hydroxylation is 1. The monoisotopic (exact) mass is 607 g/mol. The van der Waals surface area contributed by atoms with Crippen molar-refractivity contribution in [2.24, 2.45) is 0 Å². The van der Waals surface area contributed by atoms with Crippen LogP contribution in [0, 0.1) is 6.92 Å². The molecule has 5 rings (SSSR count). The highest BCUT2D eigenvalue weighted by molar-refractivity contribution is 7.90. The SMILES string of the molecule is Cc1nc(C(F)(F)F)ccc1CN1CCC2(CC1)O[C@@H](C)Cc1cc(C(=O)NCc3ccc(S(C)(=O)=O)cc3)sc12. The first-order valence-corrected chi connectivity index (χ1v) is 16.1.